The minimum atomic E-state index is 0.403. The summed E-state index contributed by atoms with van der Waals surface area (Å²) < 4.78 is 5.38. The van der Waals surface area contributed by atoms with Crippen molar-refractivity contribution >= 4 is 11.8 Å². The maximum absolute atomic E-state index is 5.38. The van der Waals surface area contributed by atoms with Gasteiger partial charge in [0.25, 0.3) is 0 Å². The number of benzene rings is 1. The molecule has 0 bridgehead atoms. The molecule has 0 radical (unpaired) electrons. The lowest BCUT2D eigenvalue weighted by Gasteiger charge is -2.20. The summed E-state index contributed by atoms with van der Waals surface area (Å²) >= 11 is 1.91. The lowest BCUT2D eigenvalue weighted by molar-refractivity contribution is 0.530. The van der Waals surface area contributed by atoms with E-state index in [0.29, 0.717) is 6.04 Å². The lowest BCUT2D eigenvalue weighted by Crippen LogP contribution is -2.23. The topological polar surface area (TPSA) is 25.2 Å². The molecule has 0 aliphatic carbocycles. The third kappa shape index (κ3) is 4.15. The van der Waals surface area contributed by atoms with Crippen LogP contribution in [-0.2, 0) is 5.75 Å². The largest absolute Gasteiger partial charge is 0.468 e. The highest BCUT2D eigenvalue weighted by atomic mass is 32.2. The molecule has 2 aromatic rings. The van der Waals surface area contributed by atoms with Crippen LogP contribution >= 0.6 is 11.8 Å². The van der Waals surface area contributed by atoms with Crippen molar-refractivity contribution in [2.24, 2.45) is 0 Å². The molecule has 1 N–H and O–H groups in total. The van der Waals surface area contributed by atoms with Gasteiger partial charge in [-0.05, 0) is 43.7 Å². The normalized spacial score (nSPS) is 12.6. The number of thioether (sulfide) groups is 1. The molecule has 0 amide bonds. The van der Waals surface area contributed by atoms with Crippen molar-refractivity contribution in [3.05, 3.63) is 59.0 Å². The summed E-state index contributed by atoms with van der Waals surface area (Å²) in [6.07, 6.45) is 1.74. The average molecular weight is 289 g/mol. The van der Waals surface area contributed by atoms with Crippen LogP contribution in [0.4, 0.5) is 0 Å². The van der Waals surface area contributed by atoms with Crippen molar-refractivity contribution < 1.29 is 4.42 Å². The number of hydrogen-bond donors (Lipinski definition) is 1. The molecular formula is C17H23NOS. The maximum Gasteiger partial charge on any atom is 0.113 e. The molecule has 108 valence electrons. The SMILES string of the molecule is CCNC(CSCc1ccco1)c1ccc(C)cc1C. The predicted molar refractivity (Wildman–Crippen MR) is 87.2 cm³/mol. The lowest BCUT2D eigenvalue weighted by atomic mass is 10.0. The number of furan rings is 1. The van der Waals surface area contributed by atoms with E-state index in [1.54, 1.807) is 6.26 Å². The zero-order valence-corrected chi connectivity index (χ0v) is 13.3. The van der Waals surface area contributed by atoms with Crippen LogP contribution in [0, 0.1) is 13.8 Å². The second-order valence-corrected chi connectivity index (χ2v) is 6.10. The van der Waals surface area contributed by atoms with E-state index in [1.165, 1.54) is 16.7 Å². The zero-order chi connectivity index (χ0) is 14.4. The van der Waals surface area contributed by atoms with E-state index in [9.17, 15) is 0 Å². The van der Waals surface area contributed by atoms with Crippen LogP contribution in [0.5, 0.6) is 0 Å². The second kappa shape index (κ2) is 7.55. The fourth-order valence-corrected chi connectivity index (χ4v) is 3.41. The van der Waals surface area contributed by atoms with E-state index in [4.69, 9.17) is 4.42 Å². The van der Waals surface area contributed by atoms with Crippen LogP contribution < -0.4 is 5.32 Å². The first-order valence-electron chi connectivity index (χ1n) is 7.11. The van der Waals surface area contributed by atoms with Crippen molar-refractivity contribution in [2.75, 3.05) is 12.3 Å². The number of nitrogens with one attached hydrogen (secondary N) is 1. The van der Waals surface area contributed by atoms with Gasteiger partial charge in [-0.1, -0.05) is 30.7 Å². The quantitative estimate of drug-likeness (QED) is 0.813. The van der Waals surface area contributed by atoms with Gasteiger partial charge < -0.3 is 9.73 Å². The molecule has 0 aliphatic rings. The summed E-state index contributed by atoms with van der Waals surface area (Å²) in [7, 11) is 0. The fraction of sp³-hybridized carbons (Fsp3) is 0.412. The number of hydrogen-bond acceptors (Lipinski definition) is 3. The van der Waals surface area contributed by atoms with E-state index in [-0.39, 0.29) is 0 Å². The minimum absolute atomic E-state index is 0.403. The van der Waals surface area contributed by atoms with Gasteiger partial charge in [-0.3, -0.25) is 0 Å². The van der Waals surface area contributed by atoms with Crippen molar-refractivity contribution in [1.82, 2.24) is 5.32 Å². The standard InChI is InChI=1S/C17H23NOS/c1-4-18-17(12-20-11-15-6-5-9-19-15)16-8-7-13(2)10-14(16)3/h5-10,17-18H,4,11-12H2,1-3H3. The molecule has 1 atom stereocenters. The van der Waals surface area contributed by atoms with Gasteiger partial charge in [0, 0.05) is 11.8 Å². The predicted octanol–water partition coefficient (Wildman–Crippen LogP) is 4.48. The van der Waals surface area contributed by atoms with Crippen molar-refractivity contribution in [1.29, 1.82) is 0 Å². The Labute approximate surface area is 126 Å². The molecule has 0 fully saturated rings. The molecule has 0 saturated carbocycles. The fourth-order valence-electron chi connectivity index (χ4n) is 2.39. The van der Waals surface area contributed by atoms with Crippen molar-refractivity contribution in [3.8, 4) is 0 Å². The molecule has 2 nitrogen and oxygen atoms in total. The van der Waals surface area contributed by atoms with Crippen LogP contribution in [0.15, 0.2) is 41.0 Å². The van der Waals surface area contributed by atoms with Gasteiger partial charge in [-0.25, -0.2) is 0 Å². The molecule has 0 spiro atoms. The summed E-state index contributed by atoms with van der Waals surface area (Å²) in [5.41, 5.74) is 4.10. The van der Waals surface area contributed by atoms with Gasteiger partial charge in [-0.15, -0.1) is 0 Å². The Hall–Kier alpha value is -1.19. The Bertz CT molecular complexity index is 522. The highest BCUT2D eigenvalue weighted by Gasteiger charge is 2.13. The summed E-state index contributed by atoms with van der Waals surface area (Å²) in [5.74, 6) is 3.03. The first-order valence-corrected chi connectivity index (χ1v) is 8.27. The van der Waals surface area contributed by atoms with Crippen LogP contribution in [-0.4, -0.2) is 12.3 Å². The zero-order valence-electron chi connectivity index (χ0n) is 12.5. The molecule has 2 rings (SSSR count). The van der Waals surface area contributed by atoms with Gasteiger partial charge >= 0.3 is 0 Å². The van der Waals surface area contributed by atoms with Crippen LogP contribution in [0.3, 0.4) is 0 Å². The first-order chi connectivity index (χ1) is 9.70. The monoisotopic (exact) mass is 289 g/mol. The van der Waals surface area contributed by atoms with E-state index >= 15 is 0 Å². The molecule has 0 saturated heterocycles. The van der Waals surface area contributed by atoms with Gasteiger partial charge in [0.1, 0.15) is 5.76 Å². The maximum atomic E-state index is 5.38. The Morgan fingerprint density at radius 2 is 2.10 bits per heavy atom. The highest BCUT2D eigenvalue weighted by Crippen LogP contribution is 2.24. The Balaban J connectivity index is 1.98. The second-order valence-electron chi connectivity index (χ2n) is 5.06. The van der Waals surface area contributed by atoms with Gasteiger partial charge in [0.15, 0.2) is 0 Å². The molecule has 1 aromatic heterocycles. The van der Waals surface area contributed by atoms with Crippen LogP contribution in [0.1, 0.15) is 35.4 Å². The average Bonchev–Trinajstić information content (AvgIpc) is 2.91. The molecule has 3 heteroatoms. The van der Waals surface area contributed by atoms with Crippen molar-refractivity contribution in [3.63, 3.8) is 0 Å². The molecule has 1 unspecified atom stereocenters. The molecule has 1 heterocycles. The molecule has 20 heavy (non-hydrogen) atoms. The Kier molecular flexibility index (Phi) is 5.74. The van der Waals surface area contributed by atoms with Gasteiger partial charge in [-0.2, -0.15) is 11.8 Å². The van der Waals surface area contributed by atoms with Gasteiger partial charge in [0.05, 0.1) is 12.0 Å². The first kappa shape index (κ1) is 15.2. The Morgan fingerprint density at radius 1 is 1.25 bits per heavy atom. The van der Waals surface area contributed by atoms with Crippen LogP contribution in [0.2, 0.25) is 0 Å². The number of rotatable bonds is 7. The Morgan fingerprint density at radius 3 is 2.75 bits per heavy atom. The van der Waals surface area contributed by atoms with E-state index in [1.807, 2.05) is 23.9 Å². The van der Waals surface area contributed by atoms with Crippen molar-refractivity contribution in [2.45, 2.75) is 32.6 Å². The summed E-state index contributed by atoms with van der Waals surface area (Å²) in [4.78, 5) is 0. The highest BCUT2D eigenvalue weighted by molar-refractivity contribution is 7.98. The number of aryl methyl sites for hydroxylation is 2. The summed E-state index contributed by atoms with van der Waals surface area (Å²) in [5, 5.41) is 3.59. The molecule has 1 aromatic carbocycles. The third-order valence-electron chi connectivity index (χ3n) is 3.36. The smallest absolute Gasteiger partial charge is 0.113 e. The minimum Gasteiger partial charge on any atom is -0.468 e. The summed E-state index contributed by atoms with van der Waals surface area (Å²) in [6, 6.07) is 11.1. The van der Waals surface area contributed by atoms with E-state index in [2.05, 4.69) is 44.3 Å². The van der Waals surface area contributed by atoms with E-state index < -0.39 is 0 Å². The molecular weight excluding hydrogens is 266 g/mol. The van der Waals surface area contributed by atoms with E-state index in [0.717, 1.165) is 23.8 Å². The third-order valence-corrected chi connectivity index (χ3v) is 4.42. The van der Waals surface area contributed by atoms with Crippen LogP contribution in [0.25, 0.3) is 0 Å². The summed E-state index contributed by atoms with van der Waals surface area (Å²) in [6.45, 7) is 7.49. The van der Waals surface area contributed by atoms with Gasteiger partial charge in [0.2, 0.25) is 0 Å². The molecule has 0 aliphatic heterocycles.